The van der Waals surface area contributed by atoms with E-state index in [1.165, 1.54) is 12.1 Å². The van der Waals surface area contributed by atoms with E-state index in [0.717, 1.165) is 11.1 Å². The number of ether oxygens (including phenoxy) is 4. The van der Waals surface area contributed by atoms with Crippen LogP contribution in [0.1, 0.15) is 23.7 Å². The third-order valence-electron chi connectivity index (χ3n) is 7.64. The monoisotopic (exact) mass is 578 g/mol. The number of carbonyl (C=O) groups is 1. The third-order valence-corrected chi connectivity index (χ3v) is 7.64. The number of pyridine rings is 1. The Morgan fingerprint density at radius 3 is 2.37 bits per heavy atom. The highest BCUT2D eigenvalue weighted by molar-refractivity contribution is 5.96. The zero-order chi connectivity index (χ0) is 29.8. The maximum atomic E-state index is 15.4. The first-order chi connectivity index (χ1) is 21.0. The fraction of sp³-hybridized carbons (Fsp3) is 0.200. The molecule has 8 heteroatoms. The minimum atomic E-state index is -0.583. The van der Waals surface area contributed by atoms with Crippen LogP contribution in [-0.4, -0.2) is 31.7 Å². The van der Waals surface area contributed by atoms with Crippen LogP contribution in [0.15, 0.2) is 103 Å². The van der Waals surface area contributed by atoms with Crippen LogP contribution in [0.4, 0.5) is 10.1 Å². The first kappa shape index (κ1) is 28.2. The van der Waals surface area contributed by atoms with Crippen molar-refractivity contribution in [1.82, 2.24) is 4.98 Å². The van der Waals surface area contributed by atoms with E-state index >= 15 is 4.39 Å². The highest BCUT2D eigenvalue weighted by Gasteiger charge is 2.36. The van der Waals surface area contributed by atoms with Crippen LogP contribution in [0.2, 0.25) is 0 Å². The Balaban J connectivity index is 1.21. The number of methoxy groups -OCH3 is 2. The molecule has 7 nitrogen and oxygen atoms in total. The van der Waals surface area contributed by atoms with E-state index < -0.39 is 5.82 Å². The van der Waals surface area contributed by atoms with Gasteiger partial charge < -0.3 is 23.8 Å². The zero-order valence-corrected chi connectivity index (χ0v) is 23.9. The predicted molar refractivity (Wildman–Crippen MR) is 162 cm³/mol. The lowest BCUT2D eigenvalue weighted by atomic mass is 9.95. The maximum Gasteiger partial charge on any atom is 0.227 e. The summed E-state index contributed by atoms with van der Waals surface area (Å²) < 4.78 is 38.8. The summed E-state index contributed by atoms with van der Waals surface area (Å²) in [4.78, 5) is 19.0. The van der Waals surface area contributed by atoms with Crippen molar-refractivity contribution in [1.29, 1.82) is 0 Å². The van der Waals surface area contributed by atoms with Gasteiger partial charge in [0, 0.05) is 55.4 Å². The molecule has 1 aromatic heterocycles. The number of benzene rings is 4. The molecule has 0 saturated carbocycles. The number of rotatable bonds is 10. The lowest BCUT2D eigenvalue weighted by molar-refractivity contribution is -0.117. The van der Waals surface area contributed by atoms with Crippen LogP contribution < -0.4 is 19.1 Å². The Morgan fingerprint density at radius 2 is 1.65 bits per heavy atom. The molecule has 2 heterocycles. The molecule has 1 amide bonds. The molecule has 1 saturated heterocycles. The second-order valence-corrected chi connectivity index (χ2v) is 10.4. The molecule has 1 aliphatic rings. The molecule has 1 fully saturated rings. The SMILES string of the molecule is COc1cc2c(Oc3ccc(N4CC(C(OC)c5ccccc5)CC4=O)cc3F)ccnc2cc1OCc1ccccc1. The van der Waals surface area contributed by atoms with Gasteiger partial charge in [-0.05, 0) is 35.4 Å². The lowest BCUT2D eigenvalue weighted by Crippen LogP contribution is -2.25. The number of fused-ring (bicyclic) bond motifs is 1. The Morgan fingerprint density at radius 1 is 0.884 bits per heavy atom. The standard InChI is InChI=1S/C35H31FN2O5/c1-40-32-19-27-29(20-33(32)42-22-23-9-5-3-6-10-23)37-16-15-30(27)43-31-14-13-26(18-28(31)36)38-21-25(17-34(38)39)35(41-2)24-11-7-4-8-12-24/h3-16,18-20,25,35H,17,21-22H2,1-2H3. The van der Waals surface area contributed by atoms with E-state index in [1.54, 1.807) is 49.6 Å². The van der Waals surface area contributed by atoms with Crippen LogP contribution in [0.25, 0.3) is 10.9 Å². The molecule has 4 aromatic carbocycles. The first-order valence-corrected chi connectivity index (χ1v) is 14.0. The minimum Gasteiger partial charge on any atom is -0.493 e. The van der Waals surface area contributed by atoms with Crippen LogP contribution in [0.3, 0.4) is 0 Å². The average Bonchev–Trinajstić information content (AvgIpc) is 3.42. The molecule has 0 radical (unpaired) electrons. The largest absolute Gasteiger partial charge is 0.493 e. The highest BCUT2D eigenvalue weighted by atomic mass is 19.1. The fourth-order valence-corrected chi connectivity index (χ4v) is 5.51. The van der Waals surface area contributed by atoms with Crippen molar-refractivity contribution < 1.29 is 28.1 Å². The van der Waals surface area contributed by atoms with Crippen molar-refractivity contribution in [3.63, 3.8) is 0 Å². The summed E-state index contributed by atoms with van der Waals surface area (Å²) in [5.74, 6) is 0.765. The molecule has 0 N–H and O–H groups in total. The fourth-order valence-electron chi connectivity index (χ4n) is 5.51. The van der Waals surface area contributed by atoms with Crippen LogP contribution >= 0.6 is 0 Å². The summed E-state index contributed by atoms with van der Waals surface area (Å²) in [6.07, 6.45) is 1.68. The predicted octanol–water partition coefficient (Wildman–Crippen LogP) is 7.49. The number of amides is 1. The third kappa shape index (κ3) is 6.01. The Kier molecular flexibility index (Phi) is 8.20. The summed E-state index contributed by atoms with van der Waals surface area (Å²) in [6.45, 7) is 0.796. The van der Waals surface area contributed by atoms with E-state index in [1.807, 2.05) is 60.7 Å². The molecule has 1 aliphatic heterocycles. The van der Waals surface area contributed by atoms with Gasteiger partial charge in [-0.15, -0.1) is 0 Å². The van der Waals surface area contributed by atoms with Crippen molar-refractivity contribution in [3.8, 4) is 23.0 Å². The molecule has 0 bridgehead atoms. The van der Waals surface area contributed by atoms with Gasteiger partial charge in [-0.3, -0.25) is 9.78 Å². The molecule has 6 rings (SSSR count). The van der Waals surface area contributed by atoms with Crippen LogP contribution in [0.5, 0.6) is 23.0 Å². The summed E-state index contributed by atoms with van der Waals surface area (Å²) in [6, 6.07) is 29.4. The summed E-state index contributed by atoms with van der Waals surface area (Å²) in [5.41, 5.74) is 3.12. The van der Waals surface area contributed by atoms with Crippen molar-refractivity contribution in [2.24, 2.45) is 5.92 Å². The van der Waals surface area contributed by atoms with E-state index in [4.69, 9.17) is 18.9 Å². The van der Waals surface area contributed by atoms with Gasteiger partial charge in [0.05, 0.1) is 18.7 Å². The number of anilines is 1. The van der Waals surface area contributed by atoms with Crippen molar-refractivity contribution in [3.05, 3.63) is 120 Å². The van der Waals surface area contributed by atoms with Gasteiger partial charge in [-0.2, -0.15) is 0 Å². The molecule has 218 valence electrons. The van der Waals surface area contributed by atoms with E-state index in [2.05, 4.69) is 4.98 Å². The number of nitrogens with zero attached hydrogens (tertiary/aromatic N) is 2. The van der Waals surface area contributed by atoms with Gasteiger partial charge in [0.1, 0.15) is 12.4 Å². The molecule has 5 aromatic rings. The van der Waals surface area contributed by atoms with Gasteiger partial charge in [-0.25, -0.2) is 4.39 Å². The Hall–Kier alpha value is -4.95. The Labute approximate surface area is 249 Å². The quantitative estimate of drug-likeness (QED) is 0.171. The van der Waals surface area contributed by atoms with E-state index in [-0.39, 0.29) is 23.7 Å². The summed E-state index contributed by atoms with van der Waals surface area (Å²) in [5, 5.41) is 0.638. The van der Waals surface area contributed by atoms with Crippen LogP contribution in [-0.2, 0) is 16.1 Å². The number of carbonyl (C=O) groups excluding carboxylic acids is 1. The van der Waals surface area contributed by atoms with Gasteiger partial charge in [0.25, 0.3) is 0 Å². The van der Waals surface area contributed by atoms with E-state index in [0.29, 0.717) is 53.4 Å². The van der Waals surface area contributed by atoms with E-state index in [9.17, 15) is 4.79 Å². The lowest BCUT2D eigenvalue weighted by Gasteiger charge is -2.23. The van der Waals surface area contributed by atoms with Gasteiger partial charge in [-0.1, -0.05) is 60.7 Å². The molecular formula is C35H31FN2O5. The second-order valence-electron chi connectivity index (χ2n) is 10.4. The van der Waals surface area contributed by atoms with Gasteiger partial charge in [0.2, 0.25) is 5.91 Å². The highest BCUT2D eigenvalue weighted by Crippen LogP contribution is 2.40. The molecule has 0 aliphatic carbocycles. The topological polar surface area (TPSA) is 70.1 Å². The van der Waals surface area contributed by atoms with Gasteiger partial charge >= 0.3 is 0 Å². The first-order valence-electron chi connectivity index (χ1n) is 14.0. The normalized spacial score (nSPS) is 15.5. The number of hydrogen-bond acceptors (Lipinski definition) is 6. The maximum absolute atomic E-state index is 15.4. The van der Waals surface area contributed by atoms with Crippen molar-refractivity contribution >= 4 is 22.5 Å². The van der Waals surface area contributed by atoms with Gasteiger partial charge in [0.15, 0.2) is 23.1 Å². The zero-order valence-electron chi connectivity index (χ0n) is 23.9. The second kappa shape index (κ2) is 12.5. The number of aromatic nitrogens is 1. The number of halogens is 1. The van der Waals surface area contributed by atoms with Crippen molar-refractivity contribution in [2.45, 2.75) is 19.1 Å². The molecule has 2 unspecified atom stereocenters. The number of hydrogen-bond donors (Lipinski definition) is 0. The Bertz CT molecular complexity index is 1730. The molecular weight excluding hydrogens is 547 g/mol. The molecule has 0 spiro atoms. The molecule has 43 heavy (non-hydrogen) atoms. The summed E-state index contributed by atoms with van der Waals surface area (Å²) >= 11 is 0. The smallest absolute Gasteiger partial charge is 0.227 e. The van der Waals surface area contributed by atoms with Crippen LogP contribution in [0, 0.1) is 11.7 Å². The average molecular weight is 579 g/mol. The summed E-state index contributed by atoms with van der Waals surface area (Å²) in [7, 11) is 3.21. The van der Waals surface area contributed by atoms with Crippen molar-refractivity contribution in [2.75, 3.05) is 25.7 Å². The molecule has 2 atom stereocenters. The minimum absolute atomic E-state index is 0.0295.